The first-order valence-electron chi connectivity index (χ1n) is 9.28. The molecule has 30 heavy (non-hydrogen) atoms. The summed E-state index contributed by atoms with van der Waals surface area (Å²) in [6.45, 7) is 2.19. The second-order valence-corrected chi connectivity index (χ2v) is 7.61. The minimum atomic E-state index is -0.325. The molecule has 3 rings (SSSR count). The molecule has 8 heteroatoms. The van der Waals surface area contributed by atoms with Gasteiger partial charge in [-0.15, -0.1) is 11.3 Å². The summed E-state index contributed by atoms with van der Waals surface area (Å²) >= 11 is 1.35. The Morgan fingerprint density at radius 3 is 2.63 bits per heavy atom. The molecular formula is C22H23N3O4S. The van der Waals surface area contributed by atoms with Gasteiger partial charge in [0.2, 0.25) is 5.91 Å². The van der Waals surface area contributed by atoms with E-state index in [1.807, 2.05) is 31.2 Å². The molecule has 156 valence electrons. The van der Waals surface area contributed by atoms with E-state index in [9.17, 15) is 9.59 Å². The van der Waals surface area contributed by atoms with Crippen molar-refractivity contribution in [3.63, 3.8) is 0 Å². The van der Waals surface area contributed by atoms with Crippen molar-refractivity contribution in [2.75, 3.05) is 26.0 Å². The van der Waals surface area contributed by atoms with Crippen molar-refractivity contribution in [3.8, 4) is 11.5 Å². The molecular weight excluding hydrogens is 402 g/mol. The Morgan fingerprint density at radius 2 is 1.90 bits per heavy atom. The van der Waals surface area contributed by atoms with E-state index in [0.717, 1.165) is 11.3 Å². The molecule has 1 heterocycles. The third-order valence-electron chi connectivity index (χ3n) is 4.24. The number of ether oxygens (including phenoxy) is 2. The number of hydrogen-bond acceptors (Lipinski definition) is 6. The van der Waals surface area contributed by atoms with Gasteiger partial charge in [-0.05, 0) is 31.2 Å². The number of carbonyl (C=O) groups excluding carboxylic acids is 2. The number of amides is 2. The van der Waals surface area contributed by atoms with Gasteiger partial charge in [0.05, 0.1) is 13.7 Å². The summed E-state index contributed by atoms with van der Waals surface area (Å²) in [4.78, 5) is 30.5. The highest BCUT2D eigenvalue weighted by molar-refractivity contribution is 7.09. The van der Waals surface area contributed by atoms with Gasteiger partial charge in [0.15, 0.2) is 0 Å². The van der Waals surface area contributed by atoms with Gasteiger partial charge >= 0.3 is 0 Å². The molecule has 1 aromatic heterocycles. The molecule has 0 atom stereocenters. The first-order valence-corrected chi connectivity index (χ1v) is 10.2. The predicted molar refractivity (Wildman–Crippen MR) is 116 cm³/mol. The number of methoxy groups -OCH3 is 1. The molecule has 2 amide bonds. The van der Waals surface area contributed by atoms with E-state index in [4.69, 9.17) is 9.47 Å². The minimum absolute atomic E-state index is 0.0945. The third kappa shape index (κ3) is 5.81. The Kier molecular flexibility index (Phi) is 7.03. The SMILES string of the molecule is COc1cccc(NC(=O)CN(C)C(=O)c2csc(COc3ccc(C)cc3)n2)c1. The largest absolute Gasteiger partial charge is 0.497 e. The van der Waals surface area contributed by atoms with Crippen molar-refractivity contribution in [2.24, 2.45) is 0 Å². The molecule has 0 aliphatic rings. The monoisotopic (exact) mass is 425 g/mol. The van der Waals surface area contributed by atoms with Crippen LogP contribution in [0.5, 0.6) is 11.5 Å². The summed E-state index contributed by atoms with van der Waals surface area (Å²) in [5.74, 6) is 0.751. The van der Waals surface area contributed by atoms with Crippen molar-refractivity contribution >= 4 is 28.8 Å². The van der Waals surface area contributed by atoms with Gasteiger partial charge in [0.25, 0.3) is 5.91 Å². The van der Waals surface area contributed by atoms with Crippen LogP contribution in [-0.2, 0) is 11.4 Å². The van der Waals surface area contributed by atoms with Crippen LogP contribution in [-0.4, -0.2) is 42.4 Å². The summed E-state index contributed by atoms with van der Waals surface area (Å²) in [6, 6.07) is 14.7. The van der Waals surface area contributed by atoms with Crippen LogP contribution in [0, 0.1) is 6.92 Å². The van der Waals surface area contributed by atoms with E-state index in [1.165, 1.54) is 16.2 Å². The van der Waals surface area contributed by atoms with E-state index in [1.54, 1.807) is 43.8 Å². The highest BCUT2D eigenvalue weighted by Gasteiger charge is 2.18. The van der Waals surface area contributed by atoms with Gasteiger partial charge in [-0.3, -0.25) is 9.59 Å². The average Bonchev–Trinajstić information content (AvgIpc) is 3.21. The molecule has 0 aliphatic carbocycles. The number of likely N-dealkylation sites (N-methyl/N-ethyl adjacent to an activating group) is 1. The maximum Gasteiger partial charge on any atom is 0.273 e. The van der Waals surface area contributed by atoms with E-state index in [-0.39, 0.29) is 25.0 Å². The van der Waals surface area contributed by atoms with Crippen LogP contribution >= 0.6 is 11.3 Å². The topological polar surface area (TPSA) is 80.8 Å². The third-order valence-corrected chi connectivity index (χ3v) is 5.06. The molecule has 3 aromatic rings. The Balaban J connectivity index is 1.52. The summed E-state index contributed by atoms with van der Waals surface area (Å²) in [6.07, 6.45) is 0. The predicted octanol–water partition coefficient (Wildman–Crippen LogP) is 3.75. The van der Waals surface area contributed by atoms with Crippen LogP contribution < -0.4 is 14.8 Å². The maximum absolute atomic E-state index is 12.6. The number of anilines is 1. The number of hydrogen-bond donors (Lipinski definition) is 1. The molecule has 7 nitrogen and oxygen atoms in total. The zero-order valence-corrected chi connectivity index (χ0v) is 17.9. The summed E-state index contributed by atoms with van der Waals surface area (Å²) in [5, 5.41) is 5.11. The first-order chi connectivity index (χ1) is 14.4. The van der Waals surface area contributed by atoms with Crippen molar-refractivity contribution in [1.29, 1.82) is 0 Å². The van der Waals surface area contributed by atoms with Crippen LogP contribution in [0.25, 0.3) is 0 Å². The Hall–Kier alpha value is -3.39. The average molecular weight is 426 g/mol. The molecule has 1 N–H and O–H groups in total. The fraction of sp³-hybridized carbons (Fsp3) is 0.227. The zero-order valence-electron chi connectivity index (χ0n) is 17.0. The standard InChI is InChI=1S/C22H23N3O4S/c1-15-7-9-17(10-8-15)29-13-21-24-19(14-30-21)22(27)25(2)12-20(26)23-16-5-4-6-18(11-16)28-3/h4-11,14H,12-13H2,1-3H3,(H,23,26). The second kappa shape index (κ2) is 9.89. The van der Waals surface area contributed by atoms with Gasteiger partial charge in [-0.1, -0.05) is 23.8 Å². The van der Waals surface area contributed by atoms with E-state index in [2.05, 4.69) is 10.3 Å². The van der Waals surface area contributed by atoms with Crippen molar-refractivity contribution in [3.05, 3.63) is 70.2 Å². The van der Waals surface area contributed by atoms with E-state index >= 15 is 0 Å². The number of nitrogens with zero attached hydrogens (tertiary/aromatic N) is 2. The molecule has 0 fully saturated rings. The van der Waals surface area contributed by atoms with Gasteiger partial charge in [0.1, 0.15) is 28.8 Å². The smallest absolute Gasteiger partial charge is 0.273 e. The summed E-state index contributed by atoms with van der Waals surface area (Å²) in [7, 11) is 3.12. The van der Waals surface area contributed by atoms with Crippen LogP contribution in [0.15, 0.2) is 53.9 Å². The number of rotatable bonds is 8. The van der Waals surface area contributed by atoms with Gasteiger partial charge in [0, 0.05) is 24.2 Å². The van der Waals surface area contributed by atoms with Crippen LogP contribution in [0.2, 0.25) is 0 Å². The van der Waals surface area contributed by atoms with E-state index < -0.39 is 0 Å². The number of aromatic nitrogens is 1. The molecule has 0 radical (unpaired) electrons. The highest BCUT2D eigenvalue weighted by Crippen LogP contribution is 2.18. The Labute approximate surface area is 179 Å². The zero-order chi connectivity index (χ0) is 21.5. The number of aryl methyl sites for hydroxylation is 1. The van der Waals surface area contributed by atoms with Gasteiger partial charge in [-0.25, -0.2) is 4.98 Å². The van der Waals surface area contributed by atoms with Crippen LogP contribution in [0.1, 0.15) is 21.1 Å². The second-order valence-electron chi connectivity index (χ2n) is 6.67. The lowest BCUT2D eigenvalue weighted by atomic mass is 10.2. The Bertz CT molecular complexity index is 1020. The molecule has 0 bridgehead atoms. The molecule has 0 spiro atoms. The highest BCUT2D eigenvalue weighted by atomic mass is 32.1. The van der Waals surface area contributed by atoms with Crippen LogP contribution in [0.4, 0.5) is 5.69 Å². The molecule has 0 saturated carbocycles. The van der Waals surface area contributed by atoms with E-state index in [0.29, 0.717) is 22.1 Å². The molecule has 0 aliphatic heterocycles. The molecule has 2 aromatic carbocycles. The number of carbonyl (C=O) groups is 2. The van der Waals surface area contributed by atoms with Crippen molar-refractivity contribution in [1.82, 2.24) is 9.88 Å². The molecule has 0 unspecified atom stereocenters. The van der Waals surface area contributed by atoms with Crippen molar-refractivity contribution in [2.45, 2.75) is 13.5 Å². The summed E-state index contributed by atoms with van der Waals surface area (Å²) < 4.78 is 10.8. The first kappa shape index (κ1) is 21.3. The maximum atomic E-state index is 12.6. The lowest BCUT2D eigenvalue weighted by Crippen LogP contribution is -2.35. The van der Waals surface area contributed by atoms with Crippen LogP contribution in [0.3, 0.4) is 0 Å². The minimum Gasteiger partial charge on any atom is -0.497 e. The normalized spacial score (nSPS) is 10.4. The fourth-order valence-corrected chi connectivity index (χ4v) is 3.32. The number of nitrogens with one attached hydrogen (secondary N) is 1. The quantitative estimate of drug-likeness (QED) is 0.595. The number of thiazole rings is 1. The van der Waals surface area contributed by atoms with Gasteiger partial charge in [-0.2, -0.15) is 0 Å². The number of benzene rings is 2. The van der Waals surface area contributed by atoms with Gasteiger partial charge < -0.3 is 19.7 Å². The summed E-state index contributed by atoms with van der Waals surface area (Å²) in [5.41, 5.74) is 2.05. The fourth-order valence-electron chi connectivity index (χ4n) is 2.64. The molecule has 0 saturated heterocycles. The Morgan fingerprint density at radius 1 is 1.13 bits per heavy atom. The van der Waals surface area contributed by atoms with Crippen molar-refractivity contribution < 1.29 is 19.1 Å². The lowest BCUT2D eigenvalue weighted by molar-refractivity contribution is -0.116. The lowest BCUT2D eigenvalue weighted by Gasteiger charge is -2.15.